The molecule has 14 heavy (non-hydrogen) atoms. The summed E-state index contributed by atoms with van der Waals surface area (Å²) in [6.07, 6.45) is 0. The van der Waals surface area contributed by atoms with E-state index in [-0.39, 0.29) is 11.9 Å². The van der Waals surface area contributed by atoms with Gasteiger partial charge in [0.1, 0.15) is 0 Å². The van der Waals surface area contributed by atoms with E-state index in [0.717, 1.165) is 5.69 Å². The summed E-state index contributed by atoms with van der Waals surface area (Å²) in [5.41, 5.74) is 2.78. The maximum Gasteiger partial charge on any atom is 0.236 e. The Bertz CT molecular complexity index is 284. The van der Waals surface area contributed by atoms with Crippen LogP contribution in [-0.2, 0) is 4.79 Å². The molecule has 1 N–H and O–H groups in total. The Morgan fingerprint density at radius 2 is 2.43 bits per heavy atom. The Hall–Kier alpha value is -0.940. The van der Waals surface area contributed by atoms with Gasteiger partial charge in [0, 0.05) is 25.5 Å². The number of likely N-dealkylation sites (N-methyl/N-ethyl adjacent to an activating group) is 1. The fourth-order valence-electron chi connectivity index (χ4n) is 0.939. The maximum atomic E-state index is 11.3. The van der Waals surface area contributed by atoms with Crippen molar-refractivity contribution in [2.75, 3.05) is 20.6 Å². The molecule has 5 heteroatoms. The number of nitrogens with zero attached hydrogens (tertiary/aromatic N) is 2. The SMILES string of the molecule is CC(NCC(=O)N(C)C)c1cscn1. The summed E-state index contributed by atoms with van der Waals surface area (Å²) >= 11 is 1.56. The fraction of sp³-hybridized carbons (Fsp3) is 0.556. The highest BCUT2D eigenvalue weighted by Crippen LogP contribution is 2.11. The van der Waals surface area contributed by atoms with Crippen LogP contribution in [0.3, 0.4) is 0 Å². The van der Waals surface area contributed by atoms with Crippen molar-refractivity contribution in [2.45, 2.75) is 13.0 Å². The van der Waals surface area contributed by atoms with Gasteiger partial charge < -0.3 is 10.2 Å². The normalized spacial score (nSPS) is 12.5. The average molecular weight is 213 g/mol. The largest absolute Gasteiger partial charge is 0.348 e. The van der Waals surface area contributed by atoms with Crippen LogP contribution in [0.4, 0.5) is 0 Å². The predicted octanol–water partition coefficient (Wildman–Crippen LogP) is 0.882. The topological polar surface area (TPSA) is 45.2 Å². The minimum Gasteiger partial charge on any atom is -0.348 e. The first kappa shape index (κ1) is 11.1. The van der Waals surface area contributed by atoms with Crippen molar-refractivity contribution < 1.29 is 4.79 Å². The first-order chi connectivity index (χ1) is 6.61. The maximum absolute atomic E-state index is 11.3. The number of carbonyl (C=O) groups excluding carboxylic acids is 1. The van der Waals surface area contributed by atoms with E-state index in [0.29, 0.717) is 6.54 Å². The minimum absolute atomic E-state index is 0.0760. The molecule has 0 saturated heterocycles. The van der Waals surface area contributed by atoms with Crippen LogP contribution in [0, 0.1) is 0 Å². The van der Waals surface area contributed by atoms with E-state index in [1.807, 2.05) is 12.3 Å². The quantitative estimate of drug-likeness (QED) is 0.807. The molecule has 0 fully saturated rings. The van der Waals surface area contributed by atoms with Crippen molar-refractivity contribution >= 4 is 17.2 Å². The van der Waals surface area contributed by atoms with Gasteiger partial charge in [-0.3, -0.25) is 4.79 Å². The molecule has 0 spiro atoms. The number of rotatable bonds is 4. The highest BCUT2D eigenvalue weighted by molar-refractivity contribution is 7.07. The first-order valence-corrected chi connectivity index (χ1v) is 5.37. The number of aromatic nitrogens is 1. The zero-order valence-electron chi connectivity index (χ0n) is 8.65. The molecule has 0 saturated carbocycles. The smallest absolute Gasteiger partial charge is 0.236 e. The molecule has 0 aliphatic heterocycles. The predicted molar refractivity (Wildman–Crippen MR) is 57.2 cm³/mol. The van der Waals surface area contributed by atoms with Gasteiger partial charge in [-0.15, -0.1) is 11.3 Å². The van der Waals surface area contributed by atoms with Crippen molar-refractivity contribution in [2.24, 2.45) is 0 Å². The standard InChI is InChI=1S/C9H15N3OS/c1-7(8-5-14-6-11-8)10-4-9(13)12(2)3/h5-7,10H,4H2,1-3H3. The number of hydrogen-bond acceptors (Lipinski definition) is 4. The molecule has 1 unspecified atom stereocenters. The average Bonchev–Trinajstić information content (AvgIpc) is 2.66. The van der Waals surface area contributed by atoms with E-state index in [4.69, 9.17) is 0 Å². The summed E-state index contributed by atoms with van der Waals surface area (Å²) < 4.78 is 0. The molecule has 1 amide bonds. The molecule has 0 radical (unpaired) electrons. The van der Waals surface area contributed by atoms with Gasteiger partial charge in [0.2, 0.25) is 5.91 Å². The molecule has 1 heterocycles. The molecule has 0 aliphatic carbocycles. The summed E-state index contributed by atoms with van der Waals surface area (Å²) in [6.45, 7) is 2.35. The summed E-state index contributed by atoms with van der Waals surface area (Å²) in [5, 5.41) is 5.10. The number of hydrogen-bond donors (Lipinski definition) is 1. The van der Waals surface area contributed by atoms with E-state index in [1.54, 1.807) is 35.8 Å². The Balaban J connectivity index is 2.36. The molecule has 1 atom stereocenters. The lowest BCUT2D eigenvalue weighted by molar-refractivity contribution is -0.127. The zero-order valence-corrected chi connectivity index (χ0v) is 9.47. The van der Waals surface area contributed by atoms with Crippen molar-refractivity contribution in [1.29, 1.82) is 0 Å². The minimum atomic E-state index is 0.0760. The second-order valence-electron chi connectivity index (χ2n) is 3.30. The Morgan fingerprint density at radius 1 is 1.71 bits per heavy atom. The van der Waals surface area contributed by atoms with Gasteiger partial charge in [-0.05, 0) is 6.92 Å². The summed E-state index contributed by atoms with van der Waals surface area (Å²) in [7, 11) is 3.50. The third-order valence-electron chi connectivity index (χ3n) is 1.95. The van der Waals surface area contributed by atoms with Gasteiger partial charge in [0.05, 0.1) is 17.7 Å². The van der Waals surface area contributed by atoms with Crippen LogP contribution in [0.2, 0.25) is 0 Å². The third-order valence-corrected chi connectivity index (χ3v) is 2.56. The molecular formula is C9H15N3OS. The summed E-state index contributed by atoms with van der Waals surface area (Å²) in [5.74, 6) is 0.0760. The van der Waals surface area contributed by atoms with Crippen LogP contribution in [-0.4, -0.2) is 36.4 Å². The van der Waals surface area contributed by atoms with Crippen LogP contribution in [0.15, 0.2) is 10.9 Å². The summed E-state index contributed by atoms with van der Waals surface area (Å²) in [6, 6.07) is 0.130. The highest BCUT2D eigenvalue weighted by Gasteiger charge is 2.09. The van der Waals surface area contributed by atoms with Gasteiger partial charge >= 0.3 is 0 Å². The Labute approximate surface area is 88.0 Å². The van der Waals surface area contributed by atoms with Gasteiger partial charge in [-0.1, -0.05) is 0 Å². The second kappa shape index (κ2) is 5.07. The lowest BCUT2D eigenvalue weighted by Gasteiger charge is -2.14. The van der Waals surface area contributed by atoms with Gasteiger partial charge in [-0.25, -0.2) is 4.98 Å². The van der Waals surface area contributed by atoms with Gasteiger partial charge in [-0.2, -0.15) is 0 Å². The number of thiazole rings is 1. The molecule has 0 aromatic carbocycles. The van der Waals surface area contributed by atoms with E-state index >= 15 is 0 Å². The van der Waals surface area contributed by atoms with E-state index < -0.39 is 0 Å². The molecule has 4 nitrogen and oxygen atoms in total. The molecule has 78 valence electrons. The second-order valence-corrected chi connectivity index (χ2v) is 4.02. The van der Waals surface area contributed by atoms with Crippen molar-refractivity contribution in [3.05, 3.63) is 16.6 Å². The van der Waals surface area contributed by atoms with Crippen LogP contribution >= 0.6 is 11.3 Å². The molecule has 1 aromatic heterocycles. The van der Waals surface area contributed by atoms with E-state index in [1.165, 1.54) is 0 Å². The molecule has 1 rings (SSSR count). The summed E-state index contributed by atoms with van der Waals surface area (Å²) in [4.78, 5) is 17.0. The van der Waals surface area contributed by atoms with Crippen LogP contribution in [0.5, 0.6) is 0 Å². The number of amides is 1. The van der Waals surface area contributed by atoms with Crippen LogP contribution < -0.4 is 5.32 Å². The Kier molecular flexibility index (Phi) is 4.03. The highest BCUT2D eigenvalue weighted by atomic mass is 32.1. The monoisotopic (exact) mass is 213 g/mol. The van der Waals surface area contributed by atoms with Gasteiger partial charge in [0.15, 0.2) is 0 Å². The van der Waals surface area contributed by atoms with Crippen molar-refractivity contribution in [1.82, 2.24) is 15.2 Å². The lowest BCUT2D eigenvalue weighted by Crippen LogP contribution is -2.34. The lowest BCUT2D eigenvalue weighted by atomic mass is 10.2. The van der Waals surface area contributed by atoms with Crippen LogP contribution in [0.1, 0.15) is 18.7 Å². The molecule has 1 aromatic rings. The molecular weight excluding hydrogens is 198 g/mol. The molecule has 0 bridgehead atoms. The van der Waals surface area contributed by atoms with Crippen molar-refractivity contribution in [3.8, 4) is 0 Å². The Morgan fingerprint density at radius 3 is 2.93 bits per heavy atom. The number of nitrogens with one attached hydrogen (secondary N) is 1. The van der Waals surface area contributed by atoms with Gasteiger partial charge in [0.25, 0.3) is 0 Å². The zero-order chi connectivity index (χ0) is 10.6. The third kappa shape index (κ3) is 3.08. The van der Waals surface area contributed by atoms with Crippen LogP contribution in [0.25, 0.3) is 0 Å². The number of carbonyl (C=O) groups is 1. The van der Waals surface area contributed by atoms with E-state index in [9.17, 15) is 4.79 Å². The fourth-order valence-corrected chi connectivity index (χ4v) is 1.59. The molecule has 0 aliphatic rings. The van der Waals surface area contributed by atoms with E-state index in [2.05, 4.69) is 10.3 Å². The first-order valence-electron chi connectivity index (χ1n) is 4.43. The van der Waals surface area contributed by atoms with Crippen molar-refractivity contribution in [3.63, 3.8) is 0 Å².